The highest BCUT2D eigenvalue weighted by Crippen LogP contribution is 2.15. The lowest BCUT2D eigenvalue weighted by atomic mass is 10.1. The molecule has 2 aromatic carbocycles. The summed E-state index contributed by atoms with van der Waals surface area (Å²) in [5.74, 6) is 0.866. The molecule has 0 aliphatic heterocycles. The zero-order valence-corrected chi connectivity index (χ0v) is 16.4. The van der Waals surface area contributed by atoms with Crippen LogP contribution in [0.25, 0.3) is 5.69 Å². The average Bonchev–Trinajstić information content (AvgIpc) is 2.98. The summed E-state index contributed by atoms with van der Waals surface area (Å²) < 4.78 is 9.32. The topological polar surface area (TPSA) is 49.3 Å². The normalized spacial score (nSPS) is 12.2. The Bertz CT molecular complexity index is 945. The van der Waals surface area contributed by atoms with Crippen LogP contribution in [0.2, 0.25) is 0 Å². The molecule has 0 radical (unpaired) electrons. The number of benzene rings is 2. The predicted molar refractivity (Wildman–Crippen MR) is 103 cm³/mol. The summed E-state index contributed by atoms with van der Waals surface area (Å²) in [7, 11) is 3.79. The first kappa shape index (κ1) is 18.3. The largest absolute Gasteiger partial charge is 0.497 e. The number of quaternary nitrogens is 1. The molecule has 6 nitrogen and oxygen atoms in total. The number of rotatable bonds is 6. The molecule has 0 fully saturated rings. The SMILES string of the molecule is COc1ccc(C[NH+](C)Cn2nnn(-c3cc(C)ccc3C)c2=S)cc1. The van der Waals surface area contributed by atoms with Gasteiger partial charge < -0.3 is 9.64 Å². The van der Waals surface area contributed by atoms with Crippen molar-refractivity contribution in [1.29, 1.82) is 0 Å². The van der Waals surface area contributed by atoms with Gasteiger partial charge in [0.25, 0.3) is 0 Å². The number of aryl methyl sites for hydroxylation is 2. The van der Waals surface area contributed by atoms with Crippen LogP contribution in [0.4, 0.5) is 0 Å². The van der Waals surface area contributed by atoms with Crippen LogP contribution in [-0.4, -0.2) is 33.9 Å². The monoisotopic (exact) mass is 370 g/mol. The van der Waals surface area contributed by atoms with Gasteiger partial charge in [-0.25, -0.2) is 0 Å². The standard InChI is InChI=1S/C19H23N5OS/c1-14-5-6-15(2)18(11-14)24-19(26)23(20-21-24)13-22(3)12-16-7-9-17(25-4)10-8-16/h5-11H,12-13H2,1-4H3/p+1. The van der Waals surface area contributed by atoms with Crippen molar-refractivity contribution in [1.82, 2.24) is 19.8 Å². The second-order valence-electron chi connectivity index (χ2n) is 6.60. The van der Waals surface area contributed by atoms with Crippen molar-refractivity contribution in [3.63, 3.8) is 0 Å². The van der Waals surface area contributed by atoms with Gasteiger partial charge in [-0.3, -0.25) is 0 Å². The molecule has 0 saturated carbocycles. The molecular weight excluding hydrogens is 346 g/mol. The third-order valence-electron chi connectivity index (χ3n) is 4.32. The Kier molecular flexibility index (Phi) is 5.49. The van der Waals surface area contributed by atoms with Gasteiger partial charge in [-0.15, -0.1) is 0 Å². The first-order valence-corrected chi connectivity index (χ1v) is 8.93. The van der Waals surface area contributed by atoms with Gasteiger partial charge in [0.05, 0.1) is 19.8 Å². The summed E-state index contributed by atoms with van der Waals surface area (Å²) in [6, 6.07) is 14.4. The van der Waals surface area contributed by atoms with Crippen molar-refractivity contribution < 1.29 is 9.64 Å². The van der Waals surface area contributed by atoms with E-state index >= 15 is 0 Å². The number of hydrogen-bond donors (Lipinski definition) is 1. The lowest BCUT2D eigenvalue weighted by molar-refractivity contribution is -0.917. The number of hydrogen-bond acceptors (Lipinski definition) is 4. The zero-order valence-electron chi connectivity index (χ0n) is 15.6. The van der Waals surface area contributed by atoms with E-state index in [0.717, 1.165) is 23.5 Å². The quantitative estimate of drug-likeness (QED) is 0.675. The van der Waals surface area contributed by atoms with Crippen molar-refractivity contribution >= 4 is 12.2 Å². The number of nitrogens with zero attached hydrogens (tertiary/aromatic N) is 4. The van der Waals surface area contributed by atoms with E-state index in [2.05, 4.69) is 61.7 Å². The maximum Gasteiger partial charge on any atom is 0.225 e. The molecule has 1 unspecified atom stereocenters. The summed E-state index contributed by atoms with van der Waals surface area (Å²) in [5, 5.41) is 8.52. The van der Waals surface area contributed by atoms with Gasteiger partial charge in [0, 0.05) is 5.56 Å². The first-order valence-electron chi connectivity index (χ1n) is 8.52. The van der Waals surface area contributed by atoms with E-state index in [1.807, 2.05) is 12.1 Å². The van der Waals surface area contributed by atoms with E-state index in [1.54, 1.807) is 16.5 Å². The van der Waals surface area contributed by atoms with Gasteiger partial charge in [0.2, 0.25) is 4.77 Å². The molecule has 1 atom stereocenters. The third kappa shape index (κ3) is 4.00. The van der Waals surface area contributed by atoms with Crippen molar-refractivity contribution in [3.05, 3.63) is 63.9 Å². The number of ether oxygens (including phenoxy) is 1. The second-order valence-corrected chi connectivity index (χ2v) is 6.97. The van der Waals surface area contributed by atoms with Gasteiger partial charge in [0.1, 0.15) is 12.3 Å². The van der Waals surface area contributed by atoms with E-state index in [-0.39, 0.29) is 0 Å². The molecule has 1 N–H and O–H groups in total. The molecular formula is C19H24N5OS+. The minimum absolute atomic E-state index is 0.604. The van der Waals surface area contributed by atoms with Crippen LogP contribution in [0, 0.1) is 18.6 Å². The first-order chi connectivity index (χ1) is 12.5. The molecule has 3 rings (SSSR count). The van der Waals surface area contributed by atoms with Crippen molar-refractivity contribution in [3.8, 4) is 11.4 Å². The molecule has 136 valence electrons. The maximum absolute atomic E-state index is 5.60. The van der Waals surface area contributed by atoms with Crippen molar-refractivity contribution in [2.75, 3.05) is 14.2 Å². The summed E-state index contributed by atoms with van der Waals surface area (Å²) in [5.41, 5.74) is 4.51. The lowest BCUT2D eigenvalue weighted by Crippen LogP contribution is -3.07. The smallest absolute Gasteiger partial charge is 0.225 e. The van der Waals surface area contributed by atoms with Crippen LogP contribution >= 0.6 is 12.2 Å². The lowest BCUT2D eigenvalue weighted by Gasteiger charge is -2.13. The second kappa shape index (κ2) is 7.80. The number of nitrogens with one attached hydrogen (secondary N) is 1. The highest BCUT2D eigenvalue weighted by atomic mass is 32.1. The zero-order chi connectivity index (χ0) is 18.7. The molecule has 0 aliphatic carbocycles. The van der Waals surface area contributed by atoms with Crippen LogP contribution in [0.5, 0.6) is 5.75 Å². The Labute approximate surface area is 158 Å². The number of tetrazole rings is 1. The van der Waals surface area contributed by atoms with Crippen LogP contribution in [0.1, 0.15) is 16.7 Å². The van der Waals surface area contributed by atoms with Gasteiger partial charge in [-0.05, 0) is 78.0 Å². The minimum Gasteiger partial charge on any atom is -0.497 e. The van der Waals surface area contributed by atoms with E-state index < -0.39 is 0 Å². The highest BCUT2D eigenvalue weighted by Gasteiger charge is 2.12. The molecule has 26 heavy (non-hydrogen) atoms. The van der Waals surface area contributed by atoms with Crippen LogP contribution < -0.4 is 9.64 Å². The number of methoxy groups -OCH3 is 1. The van der Waals surface area contributed by atoms with E-state index in [4.69, 9.17) is 17.0 Å². The third-order valence-corrected chi connectivity index (χ3v) is 4.70. The molecule has 7 heteroatoms. The fourth-order valence-electron chi connectivity index (χ4n) is 2.88. The molecule has 0 saturated heterocycles. The van der Waals surface area contributed by atoms with Gasteiger partial charge in [-0.2, -0.15) is 9.36 Å². The molecule has 3 aromatic rings. The fourth-order valence-corrected chi connectivity index (χ4v) is 3.11. The van der Waals surface area contributed by atoms with Crippen molar-refractivity contribution in [2.24, 2.45) is 0 Å². The number of aromatic nitrogens is 4. The predicted octanol–water partition coefficient (Wildman–Crippen LogP) is 2.10. The van der Waals surface area contributed by atoms with E-state index in [9.17, 15) is 0 Å². The van der Waals surface area contributed by atoms with Gasteiger partial charge in [-0.1, -0.05) is 12.1 Å². The maximum atomic E-state index is 5.60. The summed E-state index contributed by atoms with van der Waals surface area (Å²) in [4.78, 5) is 1.26. The molecule has 0 amide bonds. The Morgan fingerprint density at radius 3 is 2.50 bits per heavy atom. The van der Waals surface area contributed by atoms with Crippen LogP contribution in [0.15, 0.2) is 42.5 Å². The Balaban J connectivity index is 1.75. The molecule has 1 aromatic heterocycles. The Hall–Kier alpha value is -2.51. The molecule has 0 aliphatic rings. The minimum atomic E-state index is 0.604. The summed E-state index contributed by atoms with van der Waals surface area (Å²) >= 11 is 5.60. The van der Waals surface area contributed by atoms with E-state index in [1.165, 1.54) is 16.0 Å². The average molecular weight is 371 g/mol. The summed E-state index contributed by atoms with van der Waals surface area (Å²) in [6.45, 7) is 5.62. The molecule has 1 heterocycles. The molecule has 0 bridgehead atoms. The van der Waals surface area contributed by atoms with Gasteiger partial charge >= 0.3 is 0 Å². The highest BCUT2D eigenvalue weighted by molar-refractivity contribution is 7.71. The van der Waals surface area contributed by atoms with E-state index in [0.29, 0.717) is 11.4 Å². The Morgan fingerprint density at radius 1 is 1.08 bits per heavy atom. The van der Waals surface area contributed by atoms with Crippen LogP contribution in [0.3, 0.4) is 0 Å². The Morgan fingerprint density at radius 2 is 1.81 bits per heavy atom. The van der Waals surface area contributed by atoms with Crippen LogP contribution in [-0.2, 0) is 13.2 Å². The molecule has 0 spiro atoms. The van der Waals surface area contributed by atoms with Gasteiger partial charge in [0.15, 0.2) is 6.67 Å². The summed E-state index contributed by atoms with van der Waals surface area (Å²) in [6.07, 6.45) is 0. The van der Waals surface area contributed by atoms with Crippen molar-refractivity contribution in [2.45, 2.75) is 27.1 Å². The fraction of sp³-hybridized carbons (Fsp3) is 0.316.